The van der Waals surface area contributed by atoms with E-state index in [1.165, 1.54) is 0 Å². The Bertz CT molecular complexity index is 612. The van der Waals surface area contributed by atoms with Crippen molar-refractivity contribution in [1.29, 1.82) is 5.26 Å². The second kappa shape index (κ2) is 7.16. The molecule has 116 valence electrons. The topological polar surface area (TPSA) is 85.4 Å². The molecule has 22 heavy (non-hydrogen) atoms. The van der Waals surface area contributed by atoms with Gasteiger partial charge in [0.15, 0.2) is 5.57 Å². The van der Waals surface area contributed by atoms with E-state index in [0.717, 1.165) is 13.1 Å². The SMILES string of the molecule is CN1CCN(C(N)=C(C#N)C(=O)Nc2ccc(Cl)cc2)CC1. The first kappa shape index (κ1) is 16.1. The summed E-state index contributed by atoms with van der Waals surface area (Å²) in [5.74, 6) is -0.289. The molecule has 0 atom stereocenters. The molecule has 1 aliphatic rings. The quantitative estimate of drug-likeness (QED) is 0.646. The Labute approximate surface area is 134 Å². The maximum Gasteiger partial charge on any atom is 0.270 e. The van der Waals surface area contributed by atoms with E-state index in [2.05, 4.69) is 10.2 Å². The van der Waals surface area contributed by atoms with Crippen molar-refractivity contribution in [2.45, 2.75) is 0 Å². The van der Waals surface area contributed by atoms with Gasteiger partial charge in [-0.05, 0) is 31.3 Å². The van der Waals surface area contributed by atoms with Crippen LogP contribution < -0.4 is 11.1 Å². The summed E-state index contributed by atoms with van der Waals surface area (Å²) in [5.41, 5.74) is 6.50. The highest BCUT2D eigenvalue weighted by Crippen LogP contribution is 2.15. The predicted octanol–water partition coefficient (Wildman–Crippen LogP) is 1.22. The number of amides is 1. The molecular formula is C15H18ClN5O. The summed E-state index contributed by atoms with van der Waals surface area (Å²) in [6, 6.07) is 8.57. The van der Waals surface area contributed by atoms with Gasteiger partial charge in [-0.1, -0.05) is 11.6 Å². The number of nitrogens with zero attached hydrogens (tertiary/aromatic N) is 3. The smallest absolute Gasteiger partial charge is 0.270 e. The third-order valence-electron chi connectivity index (χ3n) is 3.54. The second-order valence-electron chi connectivity index (χ2n) is 5.12. The van der Waals surface area contributed by atoms with Crippen molar-refractivity contribution in [3.05, 3.63) is 40.7 Å². The van der Waals surface area contributed by atoms with E-state index >= 15 is 0 Å². The molecule has 1 heterocycles. The average molecular weight is 320 g/mol. The zero-order valence-electron chi connectivity index (χ0n) is 12.3. The van der Waals surface area contributed by atoms with Crippen molar-refractivity contribution >= 4 is 23.2 Å². The zero-order chi connectivity index (χ0) is 16.1. The number of rotatable bonds is 3. The molecule has 3 N–H and O–H groups in total. The number of likely N-dealkylation sites (N-methyl/N-ethyl adjacent to an activating group) is 1. The average Bonchev–Trinajstić information content (AvgIpc) is 2.51. The van der Waals surface area contributed by atoms with E-state index in [1.54, 1.807) is 24.3 Å². The fraction of sp³-hybridized carbons (Fsp3) is 0.333. The summed E-state index contributed by atoms with van der Waals surface area (Å²) in [4.78, 5) is 16.3. The molecule has 1 amide bonds. The van der Waals surface area contributed by atoms with Crippen LogP contribution in [-0.2, 0) is 4.79 Å². The van der Waals surface area contributed by atoms with Crippen LogP contribution >= 0.6 is 11.6 Å². The molecule has 1 aliphatic heterocycles. The first-order chi connectivity index (χ1) is 10.5. The Hall–Kier alpha value is -2.23. The molecule has 0 spiro atoms. The van der Waals surface area contributed by atoms with Crippen LogP contribution in [0.2, 0.25) is 5.02 Å². The number of carbonyl (C=O) groups is 1. The monoisotopic (exact) mass is 319 g/mol. The standard InChI is InChI=1S/C15H18ClN5O/c1-20-6-8-21(9-7-20)14(18)13(10-17)15(22)19-12-4-2-11(16)3-5-12/h2-5H,6-9,18H2,1H3,(H,19,22). The van der Waals surface area contributed by atoms with Gasteiger partial charge in [-0.25, -0.2) is 0 Å². The molecule has 1 aromatic carbocycles. The molecule has 6 nitrogen and oxygen atoms in total. The lowest BCUT2D eigenvalue weighted by atomic mass is 10.2. The summed E-state index contributed by atoms with van der Waals surface area (Å²) in [6.07, 6.45) is 0. The van der Waals surface area contributed by atoms with Gasteiger partial charge in [0.25, 0.3) is 5.91 Å². The number of piperazine rings is 1. The largest absolute Gasteiger partial charge is 0.384 e. The van der Waals surface area contributed by atoms with Crippen molar-refractivity contribution in [2.24, 2.45) is 5.73 Å². The molecule has 2 rings (SSSR count). The predicted molar refractivity (Wildman–Crippen MR) is 86.0 cm³/mol. The minimum absolute atomic E-state index is 0.0699. The Morgan fingerprint density at radius 3 is 2.41 bits per heavy atom. The van der Waals surface area contributed by atoms with Crippen LogP contribution in [0.5, 0.6) is 0 Å². The van der Waals surface area contributed by atoms with E-state index < -0.39 is 5.91 Å². The summed E-state index contributed by atoms with van der Waals surface area (Å²) in [5, 5.41) is 12.5. The Balaban J connectivity index is 2.12. The number of carbonyl (C=O) groups excluding carboxylic acids is 1. The van der Waals surface area contributed by atoms with Crippen molar-refractivity contribution in [3.63, 3.8) is 0 Å². The van der Waals surface area contributed by atoms with Crippen LogP contribution in [-0.4, -0.2) is 48.9 Å². The Kier molecular flexibility index (Phi) is 5.26. The van der Waals surface area contributed by atoms with E-state index in [-0.39, 0.29) is 11.4 Å². The molecule has 1 aromatic rings. The second-order valence-corrected chi connectivity index (χ2v) is 5.56. The minimum atomic E-state index is -0.513. The lowest BCUT2D eigenvalue weighted by Crippen LogP contribution is -2.46. The van der Waals surface area contributed by atoms with E-state index in [4.69, 9.17) is 17.3 Å². The molecule has 1 fully saturated rings. The van der Waals surface area contributed by atoms with Crippen LogP contribution in [0.3, 0.4) is 0 Å². The Morgan fingerprint density at radius 1 is 1.27 bits per heavy atom. The molecule has 0 aliphatic carbocycles. The number of halogens is 1. The van der Waals surface area contributed by atoms with Gasteiger partial charge in [0.1, 0.15) is 11.9 Å². The van der Waals surface area contributed by atoms with Crippen molar-refractivity contribution in [2.75, 3.05) is 38.5 Å². The van der Waals surface area contributed by atoms with Crippen LogP contribution in [0, 0.1) is 11.3 Å². The Morgan fingerprint density at radius 2 is 1.86 bits per heavy atom. The van der Waals surface area contributed by atoms with Crippen LogP contribution in [0.25, 0.3) is 0 Å². The van der Waals surface area contributed by atoms with Crippen molar-refractivity contribution in [1.82, 2.24) is 9.80 Å². The van der Waals surface area contributed by atoms with Crippen LogP contribution in [0.4, 0.5) is 5.69 Å². The van der Waals surface area contributed by atoms with Gasteiger partial charge in [-0.15, -0.1) is 0 Å². The van der Waals surface area contributed by atoms with Crippen molar-refractivity contribution in [3.8, 4) is 6.07 Å². The summed E-state index contributed by atoms with van der Waals surface area (Å²) in [6.45, 7) is 3.08. The molecule has 0 aromatic heterocycles. The summed E-state index contributed by atoms with van der Waals surface area (Å²) >= 11 is 5.80. The van der Waals surface area contributed by atoms with Crippen LogP contribution in [0.15, 0.2) is 35.7 Å². The molecule has 0 bridgehead atoms. The molecule has 0 radical (unpaired) electrons. The normalized spacial score (nSPS) is 16.7. The number of hydrogen-bond acceptors (Lipinski definition) is 5. The molecular weight excluding hydrogens is 302 g/mol. The van der Waals surface area contributed by atoms with Gasteiger partial charge in [-0.3, -0.25) is 4.79 Å². The van der Waals surface area contributed by atoms with Gasteiger partial charge >= 0.3 is 0 Å². The summed E-state index contributed by atoms with van der Waals surface area (Å²) in [7, 11) is 2.02. The highest BCUT2D eigenvalue weighted by molar-refractivity contribution is 6.30. The maximum absolute atomic E-state index is 12.2. The third kappa shape index (κ3) is 3.91. The fourth-order valence-electron chi connectivity index (χ4n) is 2.16. The highest BCUT2D eigenvalue weighted by Gasteiger charge is 2.21. The number of nitrogens with two attached hydrogens (primary N) is 1. The van der Waals surface area contributed by atoms with Crippen LogP contribution in [0.1, 0.15) is 0 Å². The lowest BCUT2D eigenvalue weighted by molar-refractivity contribution is -0.112. The van der Waals surface area contributed by atoms with Gasteiger partial charge in [0.05, 0.1) is 0 Å². The number of benzene rings is 1. The van der Waals surface area contributed by atoms with Gasteiger partial charge in [0, 0.05) is 36.9 Å². The first-order valence-electron chi connectivity index (χ1n) is 6.91. The number of anilines is 1. The summed E-state index contributed by atoms with van der Waals surface area (Å²) < 4.78 is 0. The number of hydrogen-bond donors (Lipinski definition) is 2. The van der Waals surface area contributed by atoms with E-state index in [9.17, 15) is 10.1 Å². The molecule has 0 unspecified atom stereocenters. The van der Waals surface area contributed by atoms with E-state index in [0.29, 0.717) is 23.8 Å². The fourth-order valence-corrected chi connectivity index (χ4v) is 2.28. The van der Waals surface area contributed by atoms with Gasteiger partial charge < -0.3 is 20.9 Å². The third-order valence-corrected chi connectivity index (χ3v) is 3.79. The minimum Gasteiger partial charge on any atom is -0.384 e. The first-order valence-corrected chi connectivity index (χ1v) is 7.29. The zero-order valence-corrected chi connectivity index (χ0v) is 13.1. The lowest BCUT2D eigenvalue weighted by Gasteiger charge is -2.34. The number of nitrogens with one attached hydrogen (secondary N) is 1. The van der Waals surface area contributed by atoms with Gasteiger partial charge in [0.2, 0.25) is 0 Å². The number of nitriles is 1. The molecule has 0 saturated carbocycles. The molecule has 1 saturated heterocycles. The van der Waals surface area contributed by atoms with Gasteiger partial charge in [-0.2, -0.15) is 5.26 Å². The highest BCUT2D eigenvalue weighted by atomic mass is 35.5. The maximum atomic E-state index is 12.2. The van der Waals surface area contributed by atoms with E-state index in [1.807, 2.05) is 18.0 Å². The molecule has 7 heteroatoms. The van der Waals surface area contributed by atoms with Crippen molar-refractivity contribution < 1.29 is 4.79 Å².